The Balaban J connectivity index is 1.72. The predicted octanol–water partition coefficient (Wildman–Crippen LogP) is 2.65. The molecule has 1 aliphatic rings. The molecule has 3 amide bonds. The van der Waals surface area contributed by atoms with E-state index in [1.165, 1.54) is 5.01 Å². The minimum absolute atomic E-state index is 0.0157. The van der Waals surface area contributed by atoms with E-state index in [9.17, 15) is 24.0 Å². The Bertz CT molecular complexity index is 1170. The third-order valence-corrected chi connectivity index (χ3v) is 6.74. The van der Waals surface area contributed by atoms with Gasteiger partial charge in [-0.05, 0) is 36.5 Å². The van der Waals surface area contributed by atoms with Crippen LogP contribution in [-0.2, 0) is 36.8 Å². The first kappa shape index (κ1) is 30.5. The second kappa shape index (κ2) is 16.1. The van der Waals surface area contributed by atoms with Gasteiger partial charge in [-0.15, -0.1) is 0 Å². The number of hydrogen-bond acceptors (Lipinski definition) is 6. The topological polar surface area (TPSA) is 136 Å². The fourth-order valence-corrected chi connectivity index (χ4v) is 4.51. The lowest BCUT2D eigenvalue weighted by Crippen LogP contribution is -2.48. The third-order valence-electron chi connectivity index (χ3n) is 6.74. The highest BCUT2D eigenvalue weighted by Crippen LogP contribution is 2.22. The van der Waals surface area contributed by atoms with Crippen LogP contribution in [0.15, 0.2) is 54.6 Å². The van der Waals surface area contributed by atoms with Crippen LogP contribution in [0.5, 0.6) is 0 Å². The summed E-state index contributed by atoms with van der Waals surface area (Å²) in [7, 11) is 0. The summed E-state index contributed by atoms with van der Waals surface area (Å²) in [5, 5.41) is 13.2. The van der Waals surface area contributed by atoms with Crippen LogP contribution in [0.4, 0.5) is 5.69 Å². The summed E-state index contributed by atoms with van der Waals surface area (Å²) in [6.07, 6.45) is 2.00. The summed E-state index contributed by atoms with van der Waals surface area (Å²) in [5.41, 5.74) is 4.96. The van der Waals surface area contributed by atoms with E-state index >= 15 is 0 Å². The van der Waals surface area contributed by atoms with Crippen molar-refractivity contribution in [2.45, 2.75) is 57.8 Å². The summed E-state index contributed by atoms with van der Waals surface area (Å²) < 4.78 is 0. The molecule has 3 N–H and O–H groups in total. The fourth-order valence-electron chi connectivity index (χ4n) is 4.51. The number of hydrazine groups is 1. The molecule has 10 heteroatoms. The van der Waals surface area contributed by atoms with Gasteiger partial charge in [-0.3, -0.25) is 29.4 Å². The number of hydrogen-bond donors (Lipinski definition) is 3. The Labute approximate surface area is 234 Å². The number of ketones is 1. The van der Waals surface area contributed by atoms with Crippen molar-refractivity contribution in [1.29, 1.82) is 0 Å². The van der Waals surface area contributed by atoms with E-state index in [0.717, 1.165) is 5.56 Å². The van der Waals surface area contributed by atoms with Crippen molar-refractivity contribution in [3.05, 3.63) is 65.7 Å². The number of nitrogens with one attached hydrogen (secondary N) is 2. The molecule has 40 heavy (non-hydrogen) atoms. The molecule has 2 aromatic carbocycles. The molecule has 0 saturated carbocycles. The average molecular weight is 551 g/mol. The summed E-state index contributed by atoms with van der Waals surface area (Å²) in [4.78, 5) is 63.7. The average Bonchev–Trinajstić information content (AvgIpc) is 3.16. The normalized spacial score (nSPS) is 13.4. The molecule has 10 nitrogen and oxygen atoms in total. The number of carbonyl (C=O) groups excluding carboxylic acids is 4. The van der Waals surface area contributed by atoms with Crippen LogP contribution >= 0.6 is 0 Å². The van der Waals surface area contributed by atoms with E-state index in [1.54, 1.807) is 29.2 Å². The van der Waals surface area contributed by atoms with Crippen LogP contribution < -0.4 is 15.8 Å². The van der Waals surface area contributed by atoms with Gasteiger partial charge in [-0.2, -0.15) is 0 Å². The Morgan fingerprint density at radius 1 is 0.875 bits per heavy atom. The van der Waals surface area contributed by atoms with Crippen molar-refractivity contribution in [3.8, 4) is 0 Å². The SMILES string of the molecule is O=C(O)CCCC(=O)CCc1ccccc1N(NC(=O)CCc1ccccc1)C(=O)CCN1CCNCCC1=O. The molecule has 0 aliphatic carbocycles. The minimum Gasteiger partial charge on any atom is -0.481 e. The molecule has 1 saturated heterocycles. The lowest BCUT2D eigenvalue weighted by Gasteiger charge is -2.27. The first-order chi connectivity index (χ1) is 19.3. The van der Waals surface area contributed by atoms with Crippen molar-refractivity contribution in [3.63, 3.8) is 0 Å². The van der Waals surface area contributed by atoms with Crippen molar-refractivity contribution in [2.75, 3.05) is 31.2 Å². The van der Waals surface area contributed by atoms with E-state index in [4.69, 9.17) is 5.11 Å². The van der Waals surface area contributed by atoms with Gasteiger partial charge in [0.1, 0.15) is 5.78 Å². The van der Waals surface area contributed by atoms with Crippen molar-refractivity contribution in [1.82, 2.24) is 15.6 Å². The third kappa shape index (κ3) is 10.3. The number of nitrogens with zero attached hydrogens (tertiary/aromatic N) is 2. The number of carbonyl (C=O) groups is 5. The van der Waals surface area contributed by atoms with Gasteiger partial charge in [0, 0.05) is 64.7 Å². The molecule has 0 unspecified atom stereocenters. The van der Waals surface area contributed by atoms with Gasteiger partial charge in [-0.25, -0.2) is 5.01 Å². The standard InChI is InChI=1S/C30H38N4O6/c35-25(10-6-12-30(39)40)15-14-24-9-4-5-11-26(24)34(32-27(36)16-13-23-7-2-1-3-8-23)29(38)18-21-33-22-20-31-19-17-28(33)37/h1-5,7-9,11,31H,6,10,12-22H2,(H,32,36)(H,39,40). The van der Waals surface area contributed by atoms with Crippen LogP contribution in [0.3, 0.4) is 0 Å². The van der Waals surface area contributed by atoms with Gasteiger partial charge in [-0.1, -0.05) is 48.5 Å². The van der Waals surface area contributed by atoms with Crippen LogP contribution in [0.2, 0.25) is 0 Å². The monoisotopic (exact) mass is 550 g/mol. The smallest absolute Gasteiger partial charge is 0.303 e. The highest BCUT2D eigenvalue weighted by atomic mass is 16.4. The largest absolute Gasteiger partial charge is 0.481 e. The lowest BCUT2D eigenvalue weighted by atomic mass is 10.0. The molecule has 3 rings (SSSR count). The summed E-state index contributed by atoms with van der Waals surface area (Å²) in [6.45, 7) is 2.01. The molecule has 2 aromatic rings. The lowest BCUT2D eigenvalue weighted by molar-refractivity contribution is -0.137. The van der Waals surface area contributed by atoms with E-state index in [-0.39, 0.29) is 68.6 Å². The zero-order chi connectivity index (χ0) is 28.7. The molecule has 1 heterocycles. The van der Waals surface area contributed by atoms with E-state index < -0.39 is 5.97 Å². The molecule has 0 radical (unpaired) electrons. The Hall–Kier alpha value is -4.05. The predicted molar refractivity (Wildman–Crippen MR) is 150 cm³/mol. The van der Waals surface area contributed by atoms with Crippen LogP contribution in [0, 0.1) is 0 Å². The molecule has 1 aliphatic heterocycles. The molecule has 0 aromatic heterocycles. The quantitative estimate of drug-likeness (QED) is 0.308. The van der Waals surface area contributed by atoms with Crippen molar-refractivity contribution >= 4 is 35.2 Å². The van der Waals surface area contributed by atoms with Gasteiger partial charge in [0.05, 0.1) is 5.69 Å². The number of amides is 3. The van der Waals surface area contributed by atoms with E-state index in [2.05, 4.69) is 10.7 Å². The molecule has 214 valence electrons. The van der Waals surface area contributed by atoms with Crippen LogP contribution in [-0.4, -0.2) is 65.7 Å². The minimum atomic E-state index is -0.937. The van der Waals surface area contributed by atoms with Gasteiger partial charge < -0.3 is 15.3 Å². The number of para-hydroxylation sites is 1. The van der Waals surface area contributed by atoms with Gasteiger partial charge in [0.15, 0.2) is 0 Å². The zero-order valence-electron chi connectivity index (χ0n) is 22.8. The summed E-state index contributed by atoms with van der Waals surface area (Å²) >= 11 is 0. The maximum absolute atomic E-state index is 13.5. The molecule has 1 fully saturated rings. The van der Waals surface area contributed by atoms with Gasteiger partial charge >= 0.3 is 5.97 Å². The number of anilines is 1. The number of carboxylic acid groups (broad SMARTS) is 1. The van der Waals surface area contributed by atoms with E-state index in [1.807, 2.05) is 30.3 Å². The molecular weight excluding hydrogens is 512 g/mol. The summed E-state index contributed by atoms with van der Waals surface area (Å²) in [5.74, 6) is -1.70. The Morgan fingerprint density at radius 2 is 1.62 bits per heavy atom. The molecule has 0 atom stereocenters. The number of aryl methyl sites for hydroxylation is 2. The maximum atomic E-state index is 13.5. The highest BCUT2D eigenvalue weighted by molar-refractivity contribution is 5.97. The number of aliphatic carboxylic acids is 1. The number of carboxylic acids is 1. The molecule has 0 bridgehead atoms. The number of Topliss-reactive ketones (excluding diaryl/α,β-unsaturated/α-hetero) is 1. The molecule has 0 spiro atoms. The van der Waals surface area contributed by atoms with Gasteiger partial charge in [0.25, 0.3) is 0 Å². The van der Waals surface area contributed by atoms with Crippen molar-refractivity contribution < 1.29 is 29.1 Å². The van der Waals surface area contributed by atoms with Crippen LogP contribution in [0.25, 0.3) is 0 Å². The summed E-state index contributed by atoms with van der Waals surface area (Å²) in [6, 6.07) is 16.7. The van der Waals surface area contributed by atoms with Crippen LogP contribution in [0.1, 0.15) is 56.1 Å². The molecular formula is C30H38N4O6. The maximum Gasteiger partial charge on any atom is 0.303 e. The second-order valence-corrected chi connectivity index (χ2v) is 9.80. The fraction of sp³-hybridized carbons (Fsp3) is 0.433. The first-order valence-electron chi connectivity index (χ1n) is 13.8. The van der Waals surface area contributed by atoms with Gasteiger partial charge in [0.2, 0.25) is 17.7 Å². The van der Waals surface area contributed by atoms with Crippen molar-refractivity contribution in [2.24, 2.45) is 0 Å². The zero-order valence-corrected chi connectivity index (χ0v) is 22.8. The van der Waals surface area contributed by atoms with E-state index in [0.29, 0.717) is 50.1 Å². The highest BCUT2D eigenvalue weighted by Gasteiger charge is 2.24. The number of benzene rings is 2. The Kier molecular flexibility index (Phi) is 12.3. The second-order valence-electron chi connectivity index (χ2n) is 9.80. The first-order valence-corrected chi connectivity index (χ1v) is 13.8. The Morgan fingerprint density at radius 3 is 2.40 bits per heavy atom. The number of rotatable bonds is 14.